The Morgan fingerprint density at radius 3 is 2.46 bits per heavy atom. The van der Waals surface area contributed by atoms with Crippen molar-refractivity contribution in [2.75, 3.05) is 23.7 Å². The number of halogens is 1. The van der Waals surface area contributed by atoms with Crippen LogP contribution < -0.4 is 10.6 Å². The van der Waals surface area contributed by atoms with E-state index < -0.39 is 0 Å². The Morgan fingerprint density at radius 2 is 1.77 bits per heavy atom. The molecular formula is C20H26ClN5. The molecule has 1 spiro atoms. The number of nitrogens with two attached hydrogens (primary N) is 1. The molecule has 3 heterocycles. The van der Waals surface area contributed by atoms with Gasteiger partial charge in [0.2, 0.25) is 0 Å². The van der Waals surface area contributed by atoms with Crippen LogP contribution in [-0.4, -0.2) is 28.0 Å². The number of piperidine rings is 1. The molecule has 138 valence electrons. The minimum atomic E-state index is 0.385. The van der Waals surface area contributed by atoms with Gasteiger partial charge in [-0.15, -0.1) is 0 Å². The van der Waals surface area contributed by atoms with Crippen molar-refractivity contribution in [2.24, 2.45) is 5.41 Å². The van der Waals surface area contributed by atoms with Crippen LogP contribution in [0.4, 0.5) is 11.6 Å². The van der Waals surface area contributed by atoms with Crippen LogP contribution in [0.2, 0.25) is 5.02 Å². The smallest absolute Gasteiger partial charge is 0.147 e. The number of hydrogen-bond donors (Lipinski definition) is 1. The summed E-state index contributed by atoms with van der Waals surface area (Å²) in [4.78, 5) is 15.7. The third kappa shape index (κ3) is 3.63. The highest BCUT2D eigenvalue weighted by atomic mass is 35.5. The van der Waals surface area contributed by atoms with Crippen molar-refractivity contribution < 1.29 is 0 Å². The van der Waals surface area contributed by atoms with Crippen LogP contribution in [0.3, 0.4) is 0 Å². The Hall–Kier alpha value is -1.88. The van der Waals surface area contributed by atoms with Crippen LogP contribution in [0.25, 0.3) is 0 Å². The largest absolute Gasteiger partial charge is 0.382 e. The fourth-order valence-electron chi connectivity index (χ4n) is 4.43. The molecule has 1 aliphatic heterocycles. The number of anilines is 2. The van der Waals surface area contributed by atoms with E-state index in [0.717, 1.165) is 43.0 Å². The second-order valence-corrected chi connectivity index (χ2v) is 8.11. The Kier molecular flexibility index (Phi) is 4.98. The van der Waals surface area contributed by atoms with E-state index in [1.165, 1.54) is 38.5 Å². The lowest BCUT2D eigenvalue weighted by Crippen LogP contribution is -2.39. The number of nitrogen functional groups attached to an aromatic ring is 1. The number of nitrogens with zero attached hydrogens (tertiary/aromatic N) is 4. The fraction of sp³-hybridized carbons (Fsp3) is 0.550. The van der Waals surface area contributed by atoms with E-state index in [2.05, 4.69) is 19.9 Å². The first kappa shape index (κ1) is 17.5. The quantitative estimate of drug-likeness (QED) is 0.877. The first-order valence-corrected chi connectivity index (χ1v) is 9.98. The van der Waals surface area contributed by atoms with Gasteiger partial charge >= 0.3 is 0 Å². The molecule has 0 amide bonds. The Morgan fingerprint density at radius 1 is 1.00 bits per heavy atom. The summed E-state index contributed by atoms with van der Waals surface area (Å²) in [6.07, 6.45) is 15.4. The predicted molar refractivity (Wildman–Crippen MR) is 105 cm³/mol. The van der Waals surface area contributed by atoms with Gasteiger partial charge in [0.1, 0.15) is 11.6 Å². The van der Waals surface area contributed by atoms with E-state index in [4.69, 9.17) is 17.3 Å². The zero-order chi connectivity index (χ0) is 18.0. The van der Waals surface area contributed by atoms with E-state index in [9.17, 15) is 0 Å². The highest BCUT2D eigenvalue weighted by molar-refractivity contribution is 6.33. The molecule has 5 nitrogen and oxygen atoms in total. The van der Waals surface area contributed by atoms with E-state index in [1.54, 1.807) is 6.20 Å². The maximum atomic E-state index is 6.21. The van der Waals surface area contributed by atoms with Crippen molar-refractivity contribution in [3.8, 4) is 0 Å². The van der Waals surface area contributed by atoms with Crippen LogP contribution in [0.1, 0.15) is 49.8 Å². The van der Waals surface area contributed by atoms with Crippen LogP contribution in [0.15, 0.2) is 24.7 Å². The van der Waals surface area contributed by atoms with Gasteiger partial charge in [0.15, 0.2) is 0 Å². The molecule has 0 bridgehead atoms. The summed E-state index contributed by atoms with van der Waals surface area (Å²) in [6, 6.07) is 1.91. The summed E-state index contributed by atoms with van der Waals surface area (Å²) < 4.78 is 0. The Bertz CT molecular complexity index is 745. The molecule has 2 N–H and O–H groups in total. The SMILES string of the molecule is Nc1nccc(CCc2cnc(N3CCC4(CCCC4)CC3)cn2)c1Cl. The number of hydrogen-bond acceptors (Lipinski definition) is 5. The molecule has 1 aliphatic carbocycles. The van der Waals surface area contributed by atoms with Gasteiger partial charge in [-0.1, -0.05) is 24.4 Å². The molecule has 2 aromatic heterocycles. The molecule has 0 radical (unpaired) electrons. The molecule has 2 aliphatic rings. The molecule has 2 fully saturated rings. The molecule has 1 saturated carbocycles. The Balaban J connectivity index is 1.34. The third-order valence-electron chi connectivity index (χ3n) is 6.15. The van der Waals surface area contributed by atoms with Crippen molar-refractivity contribution in [2.45, 2.75) is 51.4 Å². The van der Waals surface area contributed by atoms with Crippen LogP contribution in [0.5, 0.6) is 0 Å². The van der Waals surface area contributed by atoms with Crippen LogP contribution in [0, 0.1) is 5.41 Å². The molecule has 0 aromatic carbocycles. The minimum absolute atomic E-state index is 0.385. The molecule has 1 saturated heterocycles. The topological polar surface area (TPSA) is 67.9 Å². The Labute approximate surface area is 160 Å². The first-order chi connectivity index (χ1) is 12.7. The van der Waals surface area contributed by atoms with E-state index in [-0.39, 0.29) is 0 Å². The molecule has 26 heavy (non-hydrogen) atoms. The van der Waals surface area contributed by atoms with Gasteiger partial charge < -0.3 is 10.6 Å². The summed E-state index contributed by atoms with van der Waals surface area (Å²) >= 11 is 6.21. The highest BCUT2D eigenvalue weighted by Crippen LogP contribution is 2.46. The second-order valence-electron chi connectivity index (χ2n) is 7.73. The van der Waals surface area contributed by atoms with E-state index in [1.807, 2.05) is 18.5 Å². The van der Waals surface area contributed by atoms with Crippen molar-refractivity contribution in [1.82, 2.24) is 15.0 Å². The van der Waals surface area contributed by atoms with Gasteiger partial charge in [0, 0.05) is 19.3 Å². The first-order valence-electron chi connectivity index (χ1n) is 9.60. The maximum absolute atomic E-state index is 6.21. The van der Waals surface area contributed by atoms with Crippen LogP contribution in [-0.2, 0) is 12.8 Å². The average molecular weight is 372 g/mol. The number of pyridine rings is 1. The molecule has 2 aromatic rings. The third-order valence-corrected chi connectivity index (χ3v) is 6.59. The standard InChI is InChI=1S/C20H26ClN5/c21-18-15(5-10-23-19(18)22)3-4-16-13-25-17(14-24-16)26-11-8-20(9-12-26)6-1-2-7-20/h5,10,13-14H,1-4,6-9,11-12H2,(H2,22,23). The second kappa shape index (κ2) is 7.39. The molecule has 0 atom stereocenters. The molecule has 6 heteroatoms. The number of rotatable bonds is 4. The summed E-state index contributed by atoms with van der Waals surface area (Å²) in [6.45, 7) is 2.22. The zero-order valence-corrected chi connectivity index (χ0v) is 15.9. The van der Waals surface area contributed by atoms with Crippen molar-refractivity contribution >= 4 is 23.2 Å². The van der Waals surface area contributed by atoms with Crippen molar-refractivity contribution in [1.29, 1.82) is 0 Å². The fourth-order valence-corrected chi connectivity index (χ4v) is 4.64. The van der Waals surface area contributed by atoms with Gasteiger partial charge in [-0.2, -0.15) is 0 Å². The van der Waals surface area contributed by atoms with Gasteiger partial charge in [0.25, 0.3) is 0 Å². The number of aromatic nitrogens is 3. The van der Waals surface area contributed by atoms with Gasteiger partial charge in [-0.25, -0.2) is 9.97 Å². The zero-order valence-electron chi connectivity index (χ0n) is 15.1. The highest BCUT2D eigenvalue weighted by Gasteiger charge is 2.37. The average Bonchev–Trinajstić information content (AvgIpc) is 3.12. The number of aryl methyl sites for hydroxylation is 2. The molecule has 4 rings (SSSR count). The van der Waals surface area contributed by atoms with E-state index >= 15 is 0 Å². The lowest BCUT2D eigenvalue weighted by atomic mass is 9.77. The minimum Gasteiger partial charge on any atom is -0.382 e. The summed E-state index contributed by atoms with van der Waals surface area (Å²) in [5.41, 5.74) is 8.37. The monoisotopic (exact) mass is 371 g/mol. The summed E-state index contributed by atoms with van der Waals surface area (Å²) in [5.74, 6) is 1.39. The van der Waals surface area contributed by atoms with E-state index in [0.29, 0.717) is 16.3 Å². The maximum Gasteiger partial charge on any atom is 0.147 e. The van der Waals surface area contributed by atoms with Crippen molar-refractivity contribution in [3.05, 3.63) is 40.9 Å². The summed E-state index contributed by atoms with van der Waals surface area (Å²) in [7, 11) is 0. The van der Waals surface area contributed by atoms with Gasteiger partial charge in [-0.05, 0) is 55.6 Å². The lowest BCUT2D eigenvalue weighted by Gasteiger charge is -2.39. The molecule has 0 unspecified atom stereocenters. The lowest BCUT2D eigenvalue weighted by molar-refractivity contribution is 0.226. The van der Waals surface area contributed by atoms with Gasteiger partial charge in [-0.3, -0.25) is 4.98 Å². The van der Waals surface area contributed by atoms with Crippen molar-refractivity contribution in [3.63, 3.8) is 0 Å². The van der Waals surface area contributed by atoms with Gasteiger partial charge in [0.05, 0.1) is 23.1 Å². The normalized spacial score (nSPS) is 19.2. The summed E-state index contributed by atoms with van der Waals surface area (Å²) in [5, 5.41) is 0.547. The molecular weight excluding hydrogens is 346 g/mol. The predicted octanol–water partition coefficient (Wildman–Crippen LogP) is 4.05. The van der Waals surface area contributed by atoms with Crippen LogP contribution >= 0.6 is 11.6 Å².